The predicted octanol–water partition coefficient (Wildman–Crippen LogP) is 2.81. The Balaban J connectivity index is 1.87. The van der Waals surface area contributed by atoms with Crippen LogP contribution in [0.2, 0.25) is 0 Å². The molecule has 8 nitrogen and oxygen atoms in total. The van der Waals surface area contributed by atoms with Crippen LogP contribution in [0.1, 0.15) is 12.2 Å². The van der Waals surface area contributed by atoms with Crippen molar-refractivity contribution < 1.29 is 23.4 Å². The first kappa shape index (κ1) is 18.7. The van der Waals surface area contributed by atoms with Crippen molar-refractivity contribution in [2.24, 2.45) is 0 Å². The number of fused-ring (bicyclic) bond motifs is 1. The van der Waals surface area contributed by atoms with E-state index in [-0.39, 0.29) is 12.6 Å². The largest absolute Gasteiger partial charge is 0.480 e. The number of alkyl halides is 2. The molecule has 1 saturated heterocycles. The summed E-state index contributed by atoms with van der Waals surface area (Å²) >= 11 is 3.33. The number of anilines is 1. The van der Waals surface area contributed by atoms with Crippen molar-refractivity contribution in [3.8, 4) is 5.95 Å². The molecule has 0 spiro atoms. The summed E-state index contributed by atoms with van der Waals surface area (Å²) in [7, 11) is 0. The number of carboxylic acid groups (broad SMARTS) is 1. The molecule has 0 aliphatic carbocycles. The van der Waals surface area contributed by atoms with Crippen molar-refractivity contribution in [2.45, 2.75) is 12.5 Å². The third-order valence-electron chi connectivity index (χ3n) is 4.38. The van der Waals surface area contributed by atoms with Crippen molar-refractivity contribution >= 4 is 38.8 Å². The van der Waals surface area contributed by atoms with E-state index in [1.165, 1.54) is 10.8 Å². The molecule has 3 aromatic rings. The lowest BCUT2D eigenvalue weighted by molar-refractivity contribution is -0.141. The molecule has 0 saturated carbocycles. The Morgan fingerprint density at radius 2 is 2.11 bits per heavy atom. The molecule has 1 unspecified atom stereocenters. The summed E-state index contributed by atoms with van der Waals surface area (Å²) < 4.78 is 34.1. The first-order chi connectivity index (χ1) is 13.5. The topological polar surface area (TPSA) is 93.4 Å². The number of ether oxygens (including phenoxy) is 1. The van der Waals surface area contributed by atoms with Crippen LogP contribution in [0.5, 0.6) is 0 Å². The number of rotatable bonds is 4. The maximum absolute atomic E-state index is 13.6. The molecule has 1 atom stereocenters. The molecule has 2 aromatic heterocycles. The molecule has 4 rings (SSSR count). The van der Waals surface area contributed by atoms with Gasteiger partial charge in [0.15, 0.2) is 11.9 Å². The van der Waals surface area contributed by atoms with Gasteiger partial charge in [-0.2, -0.15) is 4.98 Å². The van der Waals surface area contributed by atoms with Crippen LogP contribution in [0.3, 0.4) is 0 Å². The molecule has 1 fully saturated rings. The molecule has 1 aromatic carbocycles. The van der Waals surface area contributed by atoms with Crippen LogP contribution >= 0.6 is 15.9 Å². The van der Waals surface area contributed by atoms with Gasteiger partial charge < -0.3 is 14.7 Å². The van der Waals surface area contributed by atoms with E-state index in [1.807, 2.05) is 0 Å². The van der Waals surface area contributed by atoms with Gasteiger partial charge in [-0.15, -0.1) is 0 Å². The minimum atomic E-state index is -2.83. The molecule has 1 aliphatic rings. The van der Waals surface area contributed by atoms with Crippen molar-refractivity contribution in [3.05, 3.63) is 40.8 Å². The van der Waals surface area contributed by atoms with E-state index in [2.05, 4.69) is 30.9 Å². The highest BCUT2D eigenvalue weighted by Crippen LogP contribution is 2.30. The van der Waals surface area contributed by atoms with Crippen molar-refractivity contribution in [1.29, 1.82) is 0 Å². The fourth-order valence-corrected chi connectivity index (χ4v) is 3.54. The highest BCUT2D eigenvalue weighted by atomic mass is 79.9. The number of benzene rings is 1. The lowest BCUT2D eigenvalue weighted by atomic mass is 10.2. The smallest absolute Gasteiger partial charge is 0.328 e. The Morgan fingerprint density at radius 1 is 1.32 bits per heavy atom. The number of aromatic nitrogens is 4. The summed E-state index contributed by atoms with van der Waals surface area (Å²) in [6, 6.07) is 5.74. The minimum Gasteiger partial charge on any atom is -0.480 e. The van der Waals surface area contributed by atoms with Crippen molar-refractivity contribution in [3.63, 3.8) is 0 Å². The Morgan fingerprint density at radius 3 is 2.86 bits per heavy atom. The van der Waals surface area contributed by atoms with Gasteiger partial charge in [0.2, 0.25) is 5.95 Å². The second-order valence-electron chi connectivity index (χ2n) is 6.06. The van der Waals surface area contributed by atoms with Crippen LogP contribution in [-0.2, 0) is 9.53 Å². The van der Waals surface area contributed by atoms with Gasteiger partial charge in [0, 0.05) is 12.7 Å². The van der Waals surface area contributed by atoms with E-state index in [0.29, 0.717) is 34.5 Å². The lowest BCUT2D eigenvalue weighted by Crippen LogP contribution is -2.50. The van der Waals surface area contributed by atoms with Gasteiger partial charge in [-0.05, 0) is 28.1 Å². The fourth-order valence-electron chi connectivity index (χ4n) is 3.12. The van der Waals surface area contributed by atoms with Crippen LogP contribution in [-0.4, -0.2) is 56.4 Å². The number of para-hydroxylation sites is 2. The molecular formula is C17H14BrF2N5O3. The van der Waals surface area contributed by atoms with E-state index < -0.39 is 24.3 Å². The predicted molar refractivity (Wildman–Crippen MR) is 98.9 cm³/mol. The number of aliphatic carboxylic acids is 1. The van der Waals surface area contributed by atoms with Crippen LogP contribution < -0.4 is 4.90 Å². The third-order valence-corrected chi connectivity index (χ3v) is 4.94. The molecule has 28 heavy (non-hydrogen) atoms. The summed E-state index contributed by atoms with van der Waals surface area (Å²) in [6.07, 6.45) is -1.42. The zero-order chi connectivity index (χ0) is 19.8. The Labute approximate surface area is 165 Å². The van der Waals surface area contributed by atoms with Crippen LogP contribution in [0.15, 0.2) is 34.9 Å². The molecular weight excluding hydrogens is 440 g/mol. The minimum absolute atomic E-state index is 0.00258. The number of hydrogen-bond donors (Lipinski definition) is 1. The maximum atomic E-state index is 13.6. The van der Waals surface area contributed by atoms with Crippen molar-refractivity contribution in [1.82, 2.24) is 19.5 Å². The number of morpholine rings is 1. The molecule has 0 radical (unpaired) electrons. The third kappa shape index (κ3) is 3.20. The average Bonchev–Trinajstić information content (AvgIpc) is 3.08. The van der Waals surface area contributed by atoms with Crippen molar-refractivity contribution in [2.75, 3.05) is 24.7 Å². The van der Waals surface area contributed by atoms with E-state index in [4.69, 9.17) is 4.74 Å². The molecule has 0 amide bonds. The van der Waals surface area contributed by atoms with E-state index in [9.17, 15) is 18.7 Å². The monoisotopic (exact) mass is 453 g/mol. The number of hydrogen-bond acceptors (Lipinski definition) is 6. The van der Waals surface area contributed by atoms with Gasteiger partial charge in [0.05, 0.1) is 28.7 Å². The molecule has 3 heterocycles. The molecule has 146 valence electrons. The van der Waals surface area contributed by atoms with Gasteiger partial charge >= 0.3 is 5.97 Å². The maximum Gasteiger partial charge on any atom is 0.328 e. The first-order valence-electron chi connectivity index (χ1n) is 8.33. The molecule has 1 aliphatic heterocycles. The van der Waals surface area contributed by atoms with Crippen LogP contribution in [0.25, 0.3) is 17.0 Å². The SMILES string of the molecule is O=C(O)C1COCCN1c1nc(-n2c(C(F)F)nc3ccccc32)ncc1Br. The standard InChI is InChI=1S/C17H14BrF2N5O3/c18-9-7-21-17(23-14(9)24-5-6-28-8-12(24)16(26)27)25-11-4-2-1-3-10(11)22-15(25)13(19)20/h1-4,7,12-13H,5-6,8H2,(H,26,27). The first-order valence-corrected chi connectivity index (χ1v) is 9.12. The number of carboxylic acids is 1. The summed E-state index contributed by atoms with van der Waals surface area (Å²) in [5.74, 6) is -1.27. The fraction of sp³-hybridized carbons (Fsp3) is 0.294. The zero-order valence-electron chi connectivity index (χ0n) is 14.3. The Bertz CT molecular complexity index is 1040. The summed E-state index contributed by atoms with van der Waals surface area (Å²) in [4.78, 5) is 25.7. The quantitative estimate of drug-likeness (QED) is 0.648. The Kier molecular flexibility index (Phi) is 4.94. The van der Waals surface area contributed by atoms with Gasteiger partial charge in [0.25, 0.3) is 6.43 Å². The summed E-state index contributed by atoms with van der Waals surface area (Å²) in [6.45, 7) is 0.613. The lowest BCUT2D eigenvalue weighted by Gasteiger charge is -2.34. The Hall–Kier alpha value is -2.66. The summed E-state index contributed by atoms with van der Waals surface area (Å²) in [5.41, 5.74) is 0.823. The van der Waals surface area contributed by atoms with Gasteiger partial charge in [-0.1, -0.05) is 12.1 Å². The van der Waals surface area contributed by atoms with Gasteiger partial charge in [-0.25, -0.2) is 23.5 Å². The highest BCUT2D eigenvalue weighted by molar-refractivity contribution is 9.10. The average molecular weight is 454 g/mol. The highest BCUT2D eigenvalue weighted by Gasteiger charge is 2.32. The number of halogens is 3. The van der Waals surface area contributed by atoms with Crippen LogP contribution in [0.4, 0.5) is 14.6 Å². The van der Waals surface area contributed by atoms with Gasteiger partial charge in [0.1, 0.15) is 5.82 Å². The number of nitrogens with zero attached hydrogens (tertiary/aromatic N) is 5. The second-order valence-corrected chi connectivity index (χ2v) is 6.91. The second kappa shape index (κ2) is 7.40. The van der Waals surface area contributed by atoms with E-state index >= 15 is 0 Å². The number of carbonyl (C=O) groups is 1. The molecule has 11 heteroatoms. The van der Waals surface area contributed by atoms with E-state index in [1.54, 1.807) is 29.2 Å². The normalized spacial score (nSPS) is 17.4. The van der Waals surface area contributed by atoms with Gasteiger partial charge in [-0.3, -0.25) is 4.57 Å². The molecule has 0 bridgehead atoms. The molecule has 1 N–H and O–H groups in total. The number of imidazole rings is 1. The van der Waals surface area contributed by atoms with E-state index in [0.717, 1.165) is 0 Å². The summed E-state index contributed by atoms with van der Waals surface area (Å²) in [5, 5.41) is 9.48. The van der Waals surface area contributed by atoms with Crippen LogP contribution in [0, 0.1) is 0 Å². The zero-order valence-corrected chi connectivity index (χ0v) is 15.9.